The number of pyridine rings is 1. The molecule has 1 amide bonds. The summed E-state index contributed by atoms with van der Waals surface area (Å²) >= 11 is 0. The van der Waals surface area contributed by atoms with Gasteiger partial charge in [-0.1, -0.05) is 6.07 Å². The Hall–Kier alpha value is -2.56. The van der Waals surface area contributed by atoms with Gasteiger partial charge in [-0.3, -0.25) is 9.78 Å². The van der Waals surface area contributed by atoms with Crippen molar-refractivity contribution in [3.05, 3.63) is 47.8 Å². The maximum atomic E-state index is 11.1. The van der Waals surface area contributed by atoms with E-state index < -0.39 is 0 Å². The molecule has 5 nitrogen and oxygen atoms in total. The molecule has 1 aromatic heterocycles. The van der Waals surface area contributed by atoms with Crippen LogP contribution in [0.4, 0.5) is 11.4 Å². The Morgan fingerprint density at radius 3 is 2.71 bits per heavy atom. The van der Waals surface area contributed by atoms with E-state index in [0.717, 1.165) is 16.9 Å². The first-order chi connectivity index (χ1) is 10.1. The first-order valence-electron chi connectivity index (χ1n) is 6.69. The van der Waals surface area contributed by atoms with Gasteiger partial charge in [-0.2, -0.15) is 0 Å². The highest BCUT2D eigenvalue weighted by molar-refractivity contribution is 5.90. The van der Waals surface area contributed by atoms with Gasteiger partial charge in [-0.25, -0.2) is 0 Å². The zero-order valence-electron chi connectivity index (χ0n) is 12.4. The van der Waals surface area contributed by atoms with E-state index in [4.69, 9.17) is 4.74 Å². The quantitative estimate of drug-likeness (QED) is 0.886. The van der Waals surface area contributed by atoms with Crippen LogP contribution in [-0.4, -0.2) is 18.0 Å². The van der Waals surface area contributed by atoms with E-state index in [1.807, 2.05) is 43.5 Å². The Bertz CT molecular complexity index is 624. The number of benzene rings is 1. The van der Waals surface area contributed by atoms with Crippen molar-refractivity contribution in [2.75, 3.05) is 17.7 Å². The van der Waals surface area contributed by atoms with Gasteiger partial charge in [0.05, 0.1) is 12.8 Å². The molecular weight excluding hydrogens is 266 g/mol. The fourth-order valence-corrected chi connectivity index (χ4v) is 1.90. The molecule has 1 heterocycles. The minimum atomic E-state index is -0.125. The van der Waals surface area contributed by atoms with Crippen LogP contribution in [-0.2, 0) is 11.3 Å². The maximum Gasteiger partial charge on any atom is 0.221 e. The molecule has 2 aromatic rings. The van der Waals surface area contributed by atoms with E-state index >= 15 is 0 Å². The Morgan fingerprint density at radius 1 is 1.29 bits per heavy atom. The number of carbonyl (C=O) groups excluding carboxylic acids is 1. The number of nitrogens with zero attached hydrogens (tertiary/aromatic N) is 1. The standard InChI is InChI=1S/C16H19N3O2/c1-11-4-5-13(9-17-11)10-18-14-6-7-15(19-12(2)20)16(8-14)21-3/h4-9,18H,10H2,1-3H3,(H,19,20). The lowest BCUT2D eigenvalue weighted by Crippen LogP contribution is -2.07. The molecule has 0 aliphatic heterocycles. The second-order valence-electron chi connectivity index (χ2n) is 4.76. The van der Waals surface area contributed by atoms with E-state index in [-0.39, 0.29) is 5.91 Å². The number of aryl methyl sites for hydroxylation is 1. The van der Waals surface area contributed by atoms with Crippen molar-refractivity contribution in [1.29, 1.82) is 0 Å². The molecule has 0 aliphatic carbocycles. The molecule has 0 spiro atoms. The summed E-state index contributed by atoms with van der Waals surface area (Å²) in [4.78, 5) is 15.4. The summed E-state index contributed by atoms with van der Waals surface area (Å²) in [5.74, 6) is 0.497. The van der Waals surface area contributed by atoms with E-state index in [9.17, 15) is 4.79 Å². The van der Waals surface area contributed by atoms with Crippen molar-refractivity contribution in [1.82, 2.24) is 4.98 Å². The van der Waals surface area contributed by atoms with Gasteiger partial charge in [0.1, 0.15) is 5.75 Å². The van der Waals surface area contributed by atoms with Crippen molar-refractivity contribution < 1.29 is 9.53 Å². The Kier molecular flexibility index (Phi) is 4.77. The van der Waals surface area contributed by atoms with Crippen molar-refractivity contribution >= 4 is 17.3 Å². The number of hydrogen-bond donors (Lipinski definition) is 2. The van der Waals surface area contributed by atoms with Crippen LogP contribution in [0.2, 0.25) is 0 Å². The smallest absolute Gasteiger partial charge is 0.221 e. The zero-order chi connectivity index (χ0) is 15.2. The fraction of sp³-hybridized carbons (Fsp3) is 0.250. The Labute approximate surface area is 124 Å². The second kappa shape index (κ2) is 6.74. The van der Waals surface area contributed by atoms with Gasteiger partial charge in [0.2, 0.25) is 5.91 Å². The SMILES string of the molecule is COc1cc(NCc2ccc(C)nc2)ccc1NC(C)=O. The normalized spacial score (nSPS) is 10.0. The number of nitrogens with one attached hydrogen (secondary N) is 2. The Morgan fingerprint density at radius 2 is 2.10 bits per heavy atom. The average molecular weight is 285 g/mol. The molecule has 1 aromatic carbocycles. The number of rotatable bonds is 5. The van der Waals surface area contributed by atoms with Gasteiger partial charge in [-0.15, -0.1) is 0 Å². The van der Waals surface area contributed by atoms with Gasteiger partial charge in [0.25, 0.3) is 0 Å². The van der Waals surface area contributed by atoms with E-state index in [1.165, 1.54) is 6.92 Å². The molecule has 5 heteroatoms. The summed E-state index contributed by atoms with van der Waals surface area (Å²) in [7, 11) is 1.58. The van der Waals surface area contributed by atoms with Crippen LogP contribution in [0, 0.1) is 6.92 Å². The molecule has 2 rings (SSSR count). The van der Waals surface area contributed by atoms with Crippen molar-refractivity contribution in [3.63, 3.8) is 0 Å². The molecule has 0 unspecified atom stereocenters. The maximum absolute atomic E-state index is 11.1. The van der Waals surface area contributed by atoms with Crippen LogP contribution in [0.3, 0.4) is 0 Å². The lowest BCUT2D eigenvalue weighted by Gasteiger charge is -2.12. The summed E-state index contributed by atoms with van der Waals surface area (Å²) in [6, 6.07) is 9.59. The predicted octanol–water partition coefficient (Wildman–Crippen LogP) is 2.97. The van der Waals surface area contributed by atoms with Crippen LogP contribution in [0.25, 0.3) is 0 Å². The number of ether oxygens (including phenoxy) is 1. The molecule has 0 atom stereocenters. The van der Waals surface area contributed by atoms with E-state index in [2.05, 4.69) is 15.6 Å². The lowest BCUT2D eigenvalue weighted by atomic mass is 10.2. The lowest BCUT2D eigenvalue weighted by molar-refractivity contribution is -0.114. The van der Waals surface area contributed by atoms with Gasteiger partial charge in [0, 0.05) is 37.1 Å². The van der Waals surface area contributed by atoms with Gasteiger partial charge >= 0.3 is 0 Å². The highest BCUT2D eigenvalue weighted by atomic mass is 16.5. The summed E-state index contributed by atoms with van der Waals surface area (Å²) in [5.41, 5.74) is 3.68. The van der Waals surface area contributed by atoms with Crippen LogP contribution >= 0.6 is 0 Å². The third kappa shape index (κ3) is 4.21. The van der Waals surface area contributed by atoms with Gasteiger partial charge < -0.3 is 15.4 Å². The monoisotopic (exact) mass is 285 g/mol. The van der Waals surface area contributed by atoms with Crippen molar-refractivity contribution in [2.45, 2.75) is 20.4 Å². The molecule has 21 heavy (non-hydrogen) atoms. The molecule has 110 valence electrons. The molecule has 0 aliphatic rings. The summed E-state index contributed by atoms with van der Waals surface area (Å²) < 4.78 is 5.29. The fourth-order valence-electron chi connectivity index (χ4n) is 1.90. The molecule has 0 radical (unpaired) electrons. The number of aromatic nitrogens is 1. The molecule has 0 bridgehead atoms. The number of hydrogen-bond acceptors (Lipinski definition) is 4. The van der Waals surface area contributed by atoms with E-state index in [0.29, 0.717) is 18.0 Å². The molecular formula is C16H19N3O2. The molecule has 0 fully saturated rings. The van der Waals surface area contributed by atoms with Gasteiger partial charge in [0.15, 0.2) is 0 Å². The minimum Gasteiger partial charge on any atom is -0.494 e. The van der Waals surface area contributed by atoms with Crippen LogP contribution in [0.15, 0.2) is 36.5 Å². The zero-order valence-corrected chi connectivity index (χ0v) is 12.4. The highest BCUT2D eigenvalue weighted by Gasteiger charge is 2.05. The Balaban J connectivity index is 2.06. The number of carbonyl (C=O) groups is 1. The largest absolute Gasteiger partial charge is 0.494 e. The highest BCUT2D eigenvalue weighted by Crippen LogP contribution is 2.28. The topological polar surface area (TPSA) is 63.2 Å². The first-order valence-corrected chi connectivity index (χ1v) is 6.69. The van der Waals surface area contributed by atoms with Crippen molar-refractivity contribution in [2.24, 2.45) is 0 Å². The van der Waals surface area contributed by atoms with Crippen LogP contribution < -0.4 is 15.4 Å². The molecule has 2 N–H and O–H groups in total. The number of methoxy groups -OCH3 is 1. The molecule has 0 saturated carbocycles. The van der Waals surface area contributed by atoms with E-state index in [1.54, 1.807) is 7.11 Å². The minimum absolute atomic E-state index is 0.125. The van der Waals surface area contributed by atoms with Gasteiger partial charge in [-0.05, 0) is 30.7 Å². The third-order valence-corrected chi connectivity index (χ3v) is 2.98. The second-order valence-corrected chi connectivity index (χ2v) is 4.76. The number of amides is 1. The van der Waals surface area contributed by atoms with Crippen molar-refractivity contribution in [3.8, 4) is 5.75 Å². The average Bonchev–Trinajstić information content (AvgIpc) is 2.47. The molecule has 0 saturated heterocycles. The van der Waals surface area contributed by atoms with Crippen LogP contribution in [0.5, 0.6) is 5.75 Å². The van der Waals surface area contributed by atoms with Crippen LogP contribution in [0.1, 0.15) is 18.2 Å². The first kappa shape index (κ1) is 14.8. The summed E-state index contributed by atoms with van der Waals surface area (Å²) in [5, 5.41) is 6.03. The predicted molar refractivity (Wildman–Crippen MR) is 83.6 cm³/mol. The number of anilines is 2. The third-order valence-electron chi connectivity index (χ3n) is 2.98. The summed E-state index contributed by atoms with van der Waals surface area (Å²) in [6.45, 7) is 4.11. The summed E-state index contributed by atoms with van der Waals surface area (Å²) in [6.07, 6.45) is 1.85.